The van der Waals surface area contributed by atoms with E-state index in [1.54, 1.807) is 4.90 Å². The van der Waals surface area contributed by atoms with Crippen LogP contribution in [-0.2, 0) is 9.53 Å². The van der Waals surface area contributed by atoms with Gasteiger partial charge in [-0.15, -0.1) is 0 Å². The lowest BCUT2D eigenvalue weighted by Crippen LogP contribution is -2.50. The summed E-state index contributed by atoms with van der Waals surface area (Å²) in [6.45, 7) is 11.6. The number of piperidine rings is 1. The molecule has 4 heteroatoms. The van der Waals surface area contributed by atoms with Crippen molar-refractivity contribution >= 4 is 11.9 Å². The molecule has 0 spiro atoms. The SMILES string of the molecule is C=CC(=O)[C@H]1CCCN(C(=O)OC(C)(C)C)[C@H]1C. The highest BCUT2D eigenvalue weighted by Crippen LogP contribution is 2.26. The van der Waals surface area contributed by atoms with Gasteiger partial charge in [0, 0.05) is 18.5 Å². The monoisotopic (exact) mass is 253 g/mol. The predicted molar refractivity (Wildman–Crippen MR) is 70.3 cm³/mol. The minimum atomic E-state index is -0.508. The van der Waals surface area contributed by atoms with E-state index in [4.69, 9.17) is 4.74 Å². The number of hydrogen-bond acceptors (Lipinski definition) is 3. The molecule has 0 bridgehead atoms. The maximum Gasteiger partial charge on any atom is 0.410 e. The number of ether oxygens (including phenoxy) is 1. The molecule has 0 unspecified atom stereocenters. The number of rotatable bonds is 2. The van der Waals surface area contributed by atoms with Crippen molar-refractivity contribution in [1.29, 1.82) is 0 Å². The van der Waals surface area contributed by atoms with Crippen LogP contribution >= 0.6 is 0 Å². The van der Waals surface area contributed by atoms with E-state index in [2.05, 4.69) is 6.58 Å². The molecule has 1 amide bonds. The Hall–Kier alpha value is -1.32. The van der Waals surface area contributed by atoms with Gasteiger partial charge in [-0.05, 0) is 46.6 Å². The summed E-state index contributed by atoms with van der Waals surface area (Å²) in [5.74, 6) is -0.139. The topological polar surface area (TPSA) is 46.6 Å². The molecule has 2 atom stereocenters. The molecule has 1 aliphatic rings. The largest absolute Gasteiger partial charge is 0.444 e. The van der Waals surface area contributed by atoms with Crippen molar-refractivity contribution in [2.45, 2.75) is 52.2 Å². The summed E-state index contributed by atoms with van der Waals surface area (Å²) >= 11 is 0. The Labute approximate surface area is 109 Å². The Morgan fingerprint density at radius 3 is 2.50 bits per heavy atom. The zero-order valence-corrected chi connectivity index (χ0v) is 11.7. The fraction of sp³-hybridized carbons (Fsp3) is 0.714. The Bertz CT molecular complexity index is 343. The fourth-order valence-corrected chi connectivity index (χ4v) is 2.25. The van der Waals surface area contributed by atoms with Crippen molar-refractivity contribution in [2.24, 2.45) is 5.92 Å². The van der Waals surface area contributed by atoms with Crippen LogP contribution in [0.2, 0.25) is 0 Å². The van der Waals surface area contributed by atoms with Crippen LogP contribution < -0.4 is 0 Å². The molecule has 1 rings (SSSR count). The number of carbonyl (C=O) groups is 2. The van der Waals surface area contributed by atoms with Gasteiger partial charge in [0.25, 0.3) is 0 Å². The molecule has 1 saturated heterocycles. The first-order chi connectivity index (χ1) is 8.26. The van der Waals surface area contributed by atoms with Gasteiger partial charge in [-0.1, -0.05) is 6.58 Å². The Kier molecular flexibility index (Phi) is 4.54. The van der Waals surface area contributed by atoms with E-state index in [-0.39, 0.29) is 23.8 Å². The van der Waals surface area contributed by atoms with Crippen LogP contribution in [-0.4, -0.2) is 35.0 Å². The van der Waals surface area contributed by atoms with Crippen molar-refractivity contribution in [2.75, 3.05) is 6.54 Å². The smallest absolute Gasteiger partial charge is 0.410 e. The summed E-state index contributed by atoms with van der Waals surface area (Å²) in [4.78, 5) is 25.4. The molecule has 0 aliphatic carbocycles. The second-order valence-electron chi connectivity index (χ2n) is 5.77. The van der Waals surface area contributed by atoms with Gasteiger partial charge in [-0.3, -0.25) is 4.79 Å². The fourth-order valence-electron chi connectivity index (χ4n) is 2.25. The maximum absolute atomic E-state index is 12.0. The molecule has 4 nitrogen and oxygen atoms in total. The van der Waals surface area contributed by atoms with Crippen molar-refractivity contribution < 1.29 is 14.3 Å². The number of hydrogen-bond donors (Lipinski definition) is 0. The minimum Gasteiger partial charge on any atom is -0.444 e. The summed E-state index contributed by atoms with van der Waals surface area (Å²) in [6, 6.07) is -0.126. The van der Waals surface area contributed by atoms with E-state index in [1.807, 2.05) is 27.7 Å². The number of ketones is 1. The lowest BCUT2D eigenvalue weighted by atomic mass is 9.87. The lowest BCUT2D eigenvalue weighted by molar-refractivity contribution is -0.121. The molecule has 0 aromatic rings. The summed E-state index contributed by atoms with van der Waals surface area (Å²) < 4.78 is 5.36. The highest BCUT2D eigenvalue weighted by Gasteiger charge is 2.36. The van der Waals surface area contributed by atoms with Gasteiger partial charge in [0.15, 0.2) is 5.78 Å². The van der Waals surface area contributed by atoms with Crippen LogP contribution in [0.5, 0.6) is 0 Å². The average Bonchev–Trinajstić information content (AvgIpc) is 2.26. The first-order valence-electron chi connectivity index (χ1n) is 6.42. The molecule has 0 saturated carbocycles. The van der Waals surface area contributed by atoms with E-state index in [0.29, 0.717) is 6.54 Å². The molecule has 1 fully saturated rings. The van der Waals surface area contributed by atoms with Gasteiger partial charge in [-0.2, -0.15) is 0 Å². The van der Waals surface area contributed by atoms with E-state index in [0.717, 1.165) is 12.8 Å². The van der Waals surface area contributed by atoms with Crippen LogP contribution in [0.15, 0.2) is 12.7 Å². The van der Waals surface area contributed by atoms with Gasteiger partial charge < -0.3 is 9.64 Å². The molecule has 0 aromatic heterocycles. The summed E-state index contributed by atoms with van der Waals surface area (Å²) in [7, 11) is 0. The van der Waals surface area contributed by atoms with Gasteiger partial charge in [0.2, 0.25) is 0 Å². The number of carbonyl (C=O) groups excluding carboxylic acids is 2. The van der Waals surface area contributed by atoms with E-state index in [9.17, 15) is 9.59 Å². The number of amides is 1. The first-order valence-corrected chi connectivity index (χ1v) is 6.42. The standard InChI is InChI=1S/C14H23NO3/c1-6-12(16)11-8-7-9-15(10(11)2)13(17)18-14(3,4)5/h6,10-11H,1,7-9H2,2-5H3/t10-,11-/m0/s1. The molecule has 1 heterocycles. The van der Waals surface area contributed by atoms with E-state index < -0.39 is 5.60 Å². The second-order valence-corrected chi connectivity index (χ2v) is 5.77. The average molecular weight is 253 g/mol. The minimum absolute atomic E-state index is 0.00996. The summed E-state index contributed by atoms with van der Waals surface area (Å²) in [5.41, 5.74) is -0.508. The lowest BCUT2D eigenvalue weighted by Gasteiger charge is -2.38. The third kappa shape index (κ3) is 3.59. The number of allylic oxidation sites excluding steroid dienone is 1. The van der Waals surface area contributed by atoms with Gasteiger partial charge >= 0.3 is 6.09 Å². The maximum atomic E-state index is 12.0. The van der Waals surface area contributed by atoms with Crippen molar-refractivity contribution in [3.63, 3.8) is 0 Å². The van der Waals surface area contributed by atoms with Gasteiger partial charge in [-0.25, -0.2) is 4.79 Å². The van der Waals surface area contributed by atoms with Crippen LogP contribution in [0, 0.1) is 5.92 Å². The van der Waals surface area contributed by atoms with Crippen molar-refractivity contribution in [3.05, 3.63) is 12.7 Å². The quantitative estimate of drug-likeness (QED) is 0.711. The normalized spacial score (nSPS) is 24.6. The zero-order chi connectivity index (χ0) is 13.9. The first kappa shape index (κ1) is 14.7. The van der Waals surface area contributed by atoms with E-state index in [1.165, 1.54) is 6.08 Å². The predicted octanol–water partition coefficient (Wildman–Crippen LogP) is 2.78. The highest BCUT2D eigenvalue weighted by atomic mass is 16.6. The van der Waals surface area contributed by atoms with Crippen LogP contribution in [0.25, 0.3) is 0 Å². The molecule has 18 heavy (non-hydrogen) atoms. The molecule has 0 aromatic carbocycles. The molecule has 0 N–H and O–H groups in total. The Morgan fingerprint density at radius 2 is 2.00 bits per heavy atom. The Balaban J connectivity index is 2.74. The summed E-state index contributed by atoms with van der Waals surface area (Å²) in [6.07, 6.45) is 2.65. The molecule has 1 aliphatic heterocycles. The third-order valence-corrected chi connectivity index (χ3v) is 3.18. The van der Waals surface area contributed by atoms with Crippen molar-refractivity contribution in [1.82, 2.24) is 4.90 Å². The third-order valence-electron chi connectivity index (χ3n) is 3.18. The number of nitrogens with zero attached hydrogens (tertiary/aromatic N) is 1. The van der Waals surface area contributed by atoms with Crippen LogP contribution in [0.3, 0.4) is 0 Å². The van der Waals surface area contributed by atoms with Crippen molar-refractivity contribution in [3.8, 4) is 0 Å². The summed E-state index contributed by atoms with van der Waals surface area (Å²) in [5, 5.41) is 0. The van der Waals surface area contributed by atoms with Gasteiger partial charge in [0.05, 0.1) is 0 Å². The number of likely N-dealkylation sites (tertiary alicyclic amines) is 1. The van der Waals surface area contributed by atoms with Crippen LogP contribution in [0.4, 0.5) is 4.79 Å². The molecule has 0 radical (unpaired) electrons. The molecule has 102 valence electrons. The molecular formula is C14H23NO3. The zero-order valence-electron chi connectivity index (χ0n) is 11.7. The Morgan fingerprint density at radius 1 is 1.39 bits per heavy atom. The van der Waals surface area contributed by atoms with Crippen LogP contribution in [0.1, 0.15) is 40.5 Å². The molecular weight excluding hydrogens is 230 g/mol. The van der Waals surface area contributed by atoms with Gasteiger partial charge in [0.1, 0.15) is 5.60 Å². The highest BCUT2D eigenvalue weighted by molar-refractivity contribution is 5.92. The second kappa shape index (κ2) is 5.55. The van der Waals surface area contributed by atoms with E-state index >= 15 is 0 Å².